The first-order valence-electron chi connectivity index (χ1n) is 7.46. The Balaban J connectivity index is 2.19. The average molecular weight is 307 g/mol. The van der Waals surface area contributed by atoms with Crippen molar-refractivity contribution in [1.29, 1.82) is 0 Å². The van der Waals surface area contributed by atoms with Crippen LogP contribution in [-0.2, 0) is 9.59 Å². The van der Waals surface area contributed by atoms with Crippen molar-refractivity contribution in [2.24, 2.45) is 5.92 Å². The number of amides is 2. The Hall–Kier alpha value is -2.11. The Labute approximate surface area is 130 Å². The summed E-state index contributed by atoms with van der Waals surface area (Å²) < 4.78 is 13.0. The summed E-state index contributed by atoms with van der Waals surface area (Å²) in [6.07, 6.45) is 0. The first kappa shape index (κ1) is 16.3. The van der Waals surface area contributed by atoms with Gasteiger partial charge in [-0.15, -0.1) is 0 Å². The minimum Gasteiger partial charge on any atom is -0.367 e. The molecular weight excluding hydrogens is 285 g/mol. The molecule has 1 atom stereocenters. The van der Waals surface area contributed by atoms with Crippen molar-refractivity contribution in [3.05, 3.63) is 30.1 Å². The van der Waals surface area contributed by atoms with E-state index < -0.39 is 6.04 Å². The monoisotopic (exact) mass is 307 g/mol. The SMILES string of the molecule is CNC(=O)C1CN(c2ccc(F)cc2)CCN1C(=O)C(C)C. The van der Waals surface area contributed by atoms with Crippen LogP contribution in [-0.4, -0.2) is 49.4 Å². The van der Waals surface area contributed by atoms with Crippen molar-refractivity contribution >= 4 is 17.5 Å². The van der Waals surface area contributed by atoms with E-state index in [1.165, 1.54) is 12.1 Å². The Morgan fingerprint density at radius 1 is 1.23 bits per heavy atom. The van der Waals surface area contributed by atoms with Crippen LogP contribution in [0.1, 0.15) is 13.8 Å². The van der Waals surface area contributed by atoms with Crippen LogP contribution < -0.4 is 10.2 Å². The van der Waals surface area contributed by atoms with Crippen LogP contribution >= 0.6 is 0 Å². The predicted molar refractivity (Wildman–Crippen MR) is 83.0 cm³/mol. The molecule has 0 aliphatic carbocycles. The lowest BCUT2D eigenvalue weighted by Gasteiger charge is -2.42. The molecule has 1 fully saturated rings. The van der Waals surface area contributed by atoms with E-state index in [0.29, 0.717) is 19.6 Å². The third-order valence-corrected chi connectivity index (χ3v) is 3.90. The Morgan fingerprint density at radius 3 is 2.41 bits per heavy atom. The number of hydrogen-bond donors (Lipinski definition) is 1. The molecule has 6 heteroatoms. The zero-order valence-corrected chi connectivity index (χ0v) is 13.2. The van der Waals surface area contributed by atoms with Crippen molar-refractivity contribution in [2.75, 3.05) is 31.6 Å². The number of benzene rings is 1. The summed E-state index contributed by atoms with van der Waals surface area (Å²) in [5, 5.41) is 2.62. The molecule has 1 unspecified atom stereocenters. The number of piperazine rings is 1. The van der Waals surface area contributed by atoms with Crippen LogP contribution in [0.15, 0.2) is 24.3 Å². The molecule has 0 spiro atoms. The van der Waals surface area contributed by atoms with E-state index in [4.69, 9.17) is 0 Å². The minimum atomic E-state index is -0.529. The molecule has 1 aliphatic rings. The largest absolute Gasteiger partial charge is 0.367 e. The third kappa shape index (κ3) is 3.37. The van der Waals surface area contributed by atoms with Crippen molar-refractivity contribution in [1.82, 2.24) is 10.2 Å². The van der Waals surface area contributed by atoms with Crippen molar-refractivity contribution < 1.29 is 14.0 Å². The smallest absolute Gasteiger partial charge is 0.244 e. The zero-order valence-electron chi connectivity index (χ0n) is 13.2. The number of nitrogens with zero attached hydrogens (tertiary/aromatic N) is 2. The molecule has 0 saturated carbocycles. The van der Waals surface area contributed by atoms with Crippen molar-refractivity contribution in [3.63, 3.8) is 0 Å². The van der Waals surface area contributed by atoms with Gasteiger partial charge >= 0.3 is 0 Å². The van der Waals surface area contributed by atoms with Crippen LogP contribution in [0, 0.1) is 11.7 Å². The molecule has 22 heavy (non-hydrogen) atoms. The number of nitrogens with one attached hydrogen (secondary N) is 1. The molecule has 5 nitrogen and oxygen atoms in total. The fourth-order valence-electron chi connectivity index (χ4n) is 2.66. The second-order valence-corrected chi connectivity index (χ2v) is 5.74. The Kier molecular flexibility index (Phi) is 5.00. The lowest BCUT2D eigenvalue weighted by molar-refractivity contribution is -0.143. The number of anilines is 1. The minimum absolute atomic E-state index is 0.0210. The molecule has 1 heterocycles. The summed E-state index contributed by atoms with van der Waals surface area (Å²) in [5.41, 5.74) is 0.854. The van der Waals surface area contributed by atoms with Crippen molar-refractivity contribution in [3.8, 4) is 0 Å². The van der Waals surface area contributed by atoms with Gasteiger partial charge in [-0.2, -0.15) is 0 Å². The highest BCUT2D eigenvalue weighted by Gasteiger charge is 2.35. The maximum atomic E-state index is 13.0. The summed E-state index contributed by atoms with van der Waals surface area (Å²) in [6.45, 7) is 5.17. The molecule has 1 saturated heterocycles. The van der Waals surface area contributed by atoms with E-state index >= 15 is 0 Å². The second kappa shape index (κ2) is 6.77. The molecule has 1 aromatic carbocycles. The van der Waals surface area contributed by atoms with Gasteiger partial charge in [0.2, 0.25) is 11.8 Å². The van der Waals surface area contributed by atoms with Gasteiger partial charge in [0, 0.05) is 38.3 Å². The summed E-state index contributed by atoms with van der Waals surface area (Å²) in [4.78, 5) is 28.1. The van der Waals surface area contributed by atoms with Gasteiger partial charge in [0.15, 0.2) is 0 Å². The quantitative estimate of drug-likeness (QED) is 0.914. The topological polar surface area (TPSA) is 52.7 Å². The standard InChI is InChI=1S/C16H22FN3O2/c1-11(2)16(22)20-9-8-19(10-14(20)15(21)18-3)13-6-4-12(17)5-7-13/h4-7,11,14H,8-10H2,1-3H3,(H,18,21). The second-order valence-electron chi connectivity index (χ2n) is 5.74. The molecule has 2 amide bonds. The number of carbonyl (C=O) groups is 2. The van der Waals surface area contributed by atoms with Gasteiger partial charge < -0.3 is 15.1 Å². The van der Waals surface area contributed by atoms with Crippen molar-refractivity contribution in [2.45, 2.75) is 19.9 Å². The lowest BCUT2D eigenvalue weighted by atomic mass is 10.1. The van der Waals surface area contributed by atoms with Gasteiger partial charge in [-0.05, 0) is 24.3 Å². The van der Waals surface area contributed by atoms with E-state index in [0.717, 1.165) is 5.69 Å². The van der Waals surface area contributed by atoms with Gasteiger partial charge in [-0.3, -0.25) is 9.59 Å². The molecule has 1 aliphatic heterocycles. The highest BCUT2D eigenvalue weighted by atomic mass is 19.1. The molecule has 0 aromatic heterocycles. The van der Waals surface area contributed by atoms with Gasteiger partial charge in [-0.25, -0.2) is 4.39 Å². The van der Waals surface area contributed by atoms with E-state index in [-0.39, 0.29) is 23.5 Å². The summed E-state index contributed by atoms with van der Waals surface area (Å²) in [5.74, 6) is -0.641. The molecule has 1 aromatic rings. The van der Waals surface area contributed by atoms with Gasteiger partial charge in [0.05, 0.1) is 0 Å². The van der Waals surface area contributed by atoms with E-state index in [2.05, 4.69) is 5.32 Å². The zero-order chi connectivity index (χ0) is 16.3. The fourth-order valence-corrected chi connectivity index (χ4v) is 2.66. The van der Waals surface area contributed by atoms with Gasteiger partial charge in [-0.1, -0.05) is 13.8 Å². The number of hydrogen-bond acceptors (Lipinski definition) is 3. The highest BCUT2D eigenvalue weighted by Crippen LogP contribution is 2.21. The third-order valence-electron chi connectivity index (χ3n) is 3.90. The fraction of sp³-hybridized carbons (Fsp3) is 0.500. The Bertz CT molecular complexity index is 545. The predicted octanol–water partition coefficient (Wildman–Crippen LogP) is 1.24. The molecule has 1 N–H and O–H groups in total. The number of halogens is 1. The summed E-state index contributed by atoms with van der Waals surface area (Å²) in [7, 11) is 1.57. The summed E-state index contributed by atoms with van der Waals surface area (Å²) in [6, 6.07) is 5.65. The van der Waals surface area contributed by atoms with Crippen LogP contribution in [0.4, 0.5) is 10.1 Å². The molecule has 0 bridgehead atoms. The van der Waals surface area contributed by atoms with Gasteiger partial charge in [0.25, 0.3) is 0 Å². The maximum Gasteiger partial charge on any atom is 0.244 e. The van der Waals surface area contributed by atoms with Gasteiger partial charge in [0.1, 0.15) is 11.9 Å². The molecule has 2 rings (SSSR count). The number of rotatable bonds is 3. The highest BCUT2D eigenvalue weighted by molar-refractivity contribution is 5.89. The first-order chi connectivity index (χ1) is 10.4. The number of likely N-dealkylation sites (N-methyl/N-ethyl adjacent to an activating group) is 1. The number of carbonyl (C=O) groups excluding carboxylic acids is 2. The maximum absolute atomic E-state index is 13.0. The lowest BCUT2D eigenvalue weighted by Crippen LogP contribution is -2.61. The normalized spacial score (nSPS) is 18.5. The average Bonchev–Trinajstić information content (AvgIpc) is 2.53. The first-order valence-corrected chi connectivity index (χ1v) is 7.46. The molecular formula is C16H22FN3O2. The van der Waals surface area contributed by atoms with Crippen LogP contribution in [0.2, 0.25) is 0 Å². The molecule has 120 valence electrons. The summed E-state index contributed by atoms with van der Waals surface area (Å²) >= 11 is 0. The van der Waals surface area contributed by atoms with E-state index in [1.54, 1.807) is 24.1 Å². The van der Waals surface area contributed by atoms with E-state index in [1.807, 2.05) is 18.7 Å². The molecule has 0 radical (unpaired) electrons. The van der Waals surface area contributed by atoms with Crippen LogP contribution in [0.3, 0.4) is 0 Å². The van der Waals surface area contributed by atoms with Crippen LogP contribution in [0.25, 0.3) is 0 Å². The van der Waals surface area contributed by atoms with Crippen LogP contribution in [0.5, 0.6) is 0 Å². The Morgan fingerprint density at radius 2 is 1.86 bits per heavy atom. The van der Waals surface area contributed by atoms with E-state index in [9.17, 15) is 14.0 Å².